The fourth-order valence-corrected chi connectivity index (χ4v) is 1.65. The lowest BCUT2D eigenvalue weighted by Gasteiger charge is -1.91. The summed E-state index contributed by atoms with van der Waals surface area (Å²) in [5.74, 6) is 0. The Kier molecular flexibility index (Phi) is 4.08. The van der Waals surface area contributed by atoms with Crippen molar-refractivity contribution in [2.24, 2.45) is 0 Å². The maximum absolute atomic E-state index is 4.18. The molecule has 1 nitrogen and oxygen atoms in total. The van der Waals surface area contributed by atoms with Crippen molar-refractivity contribution in [3.05, 3.63) is 78.0 Å². The van der Waals surface area contributed by atoms with Gasteiger partial charge in [-0.2, -0.15) is 0 Å². The van der Waals surface area contributed by atoms with E-state index >= 15 is 0 Å². The van der Waals surface area contributed by atoms with Crippen LogP contribution in [0.3, 0.4) is 0 Å². The van der Waals surface area contributed by atoms with Crippen molar-refractivity contribution in [3.8, 4) is 0 Å². The predicted octanol–water partition coefficient (Wildman–Crippen LogP) is 4.54. The molecular formula is C17H17N. The van der Waals surface area contributed by atoms with Gasteiger partial charge in [-0.1, -0.05) is 59.7 Å². The Morgan fingerprint density at radius 1 is 0.667 bits per heavy atom. The van der Waals surface area contributed by atoms with Crippen molar-refractivity contribution < 1.29 is 0 Å². The molecule has 0 saturated carbocycles. The van der Waals surface area contributed by atoms with Crippen LogP contribution < -0.4 is 0 Å². The van der Waals surface area contributed by atoms with E-state index in [9.17, 15) is 0 Å². The van der Waals surface area contributed by atoms with Crippen LogP contribution in [0.2, 0.25) is 0 Å². The van der Waals surface area contributed by atoms with Gasteiger partial charge in [-0.15, -0.1) is 0 Å². The minimum Gasteiger partial charge on any atom is -0.256 e. The molecule has 90 valence electrons. The number of rotatable bonds is 0. The first-order valence-corrected chi connectivity index (χ1v) is 6.09. The number of pyridine rings is 1. The van der Waals surface area contributed by atoms with Crippen molar-refractivity contribution in [1.82, 2.24) is 4.98 Å². The molecule has 0 aliphatic heterocycles. The lowest BCUT2D eigenvalue weighted by Crippen LogP contribution is -1.73. The van der Waals surface area contributed by atoms with E-state index in [1.165, 1.54) is 16.5 Å². The van der Waals surface area contributed by atoms with Gasteiger partial charge < -0.3 is 0 Å². The fourth-order valence-electron chi connectivity index (χ4n) is 1.65. The van der Waals surface area contributed by atoms with Crippen LogP contribution in [0.1, 0.15) is 11.1 Å². The Balaban J connectivity index is 0.000000138. The van der Waals surface area contributed by atoms with Crippen molar-refractivity contribution >= 4 is 10.9 Å². The molecule has 0 aliphatic carbocycles. The van der Waals surface area contributed by atoms with Gasteiger partial charge in [-0.3, -0.25) is 4.98 Å². The molecule has 1 aromatic heterocycles. The van der Waals surface area contributed by atoms with Gasteiger partial charge in [0.2, 0.25) is 0 Å². The third-order valence-electron chi connectivity index (χ3n) is 2.73. The Morgan fingerprint density at radius 3 is 1.83 bits per heavy atom. The SMILES string of the molecule is Cc1ccc(C)cc1.c1ccc2ncccc2c1. The second-order valence-corrected chi connectivity index (χ2v) is 4.35. The molecule has 0 atom stereocenters. The molecule has 2 aromatic carbocycles. The maximum atomic E-state index is 4.18. The third-order valence-corrected chi connectivity index (χ3v) is 2.73. The molecule has 18 heavy (non-hydrogen) atoms. The summed E-state index contributed by atoms with van der Waals surface area (Å²) < 4.78 is 0. The van der Waals surface area contributed by atoms with Gasteiger partial charge in [0.25, 0.3) is 0 Å². The number of aromatic nitrogens is 1. The van der Waals surface area contributed by atoms with E-state index in [1.807, 2.05) is 30.5 Å². The van der Waals surface area contributed by atoms with Gasteiger partial charge in [0.1, 0.15) is 0 Å². The first-order chi connectivity index (χ1) is 8.75. The summed E-state index contributed by atoms with van der Waals surface area (Å²) in [4.78, 5) is 4.18. The Bertz CT molecular complexity index is 525. The predicted molar refractivity (Wildman–Crippen MR) is 77.7 cm³/mol. The normalized spacial score (nSPS) is 9.67. The largest absolute Gasteiger partial charge is 0.256 e. The summed E-state index contributed by atoms with van der Waals surface area (Å²) >= 11 is 0. The highest BCUT2D eigenvalue weighted by molar-refractivity contribution is 5.77. The molecule has 1 heteroatoms. The van der Waals surface area contributed by atoms with Crippen LogP contribution in [0.25, 0.3) is 10.9 Å². The maximum Gasteiger partial charge on any atom is 0.0701 e. The van der Waals surface area contributed by atoms with Gasteiger partial charge in [-0.25, -0.2) is 0 Å². The number of nitrogens with zero attached hydrogens (tertiary/aromatic N) is 1. The van der Waals surface area contributed by atoms with E-state index in [0.717, 1.165) is 5.52 Å². The molecule has 0 spiro atoms. The smallest absolute Gasteiger partial charge is 0.0701 e. The summed E-state index contributed by atoms with van der Waals surface area (Å²) in [6, 6.07) is 20.6. The molecule has 3 aromatic rings. The molecule has 0 N–H and O–H groups in total. The molecule has 0 radical (unpaired) electrons. The van der Waals surface area contributed by atoms with E-state index in [1.54, 1.807) is 0 Å². The van der Waals surface area contributed by atoms with Gasteiger partial charge in [-0.05, 0) is 26.0 Å². The number of aryl methyl sites for hydroxylation is 2. The molecule has 1 heterocycles. The number of fused-ring (bicyclic) bond motifs is 1. The molecule has 3 rings (SSSR count). The highest BCUT2D eigenvalue weighted by Crippen LogP contribution is 2.07. The summed E-state index contributed by atoms with van der Waals surface area (Å²) in [6.07, 6.45) is 1.81. The van der Waals surface area contributed by atoms with Crippen LogP contribution in [0, 0.1) is 13.8 Å². The lowest BCUT2D eigenvalue weighted by atomic mass is 10.2. The van der Waals surface area contributed by atoms with Gasteiger partial charge in [0.15, 0.2) is 0 Å². The van der Waals surface area contributed by atoms with Gasteiger partial charge in [0.05, 0.1) is 5.52 Å². The molecule has 0 bridgehead atoms. The van der Waals surface area contributed by atoms with Crippen LogP contribution in [-0.4, -0.2) is 4.98 Å². The summed E-state index contributed by atoms with van der Waals surface area (Å²) in [5.41, 5.74) is 3.72. The topological polar surface area (TPSA) is 12.9 Å². The van der Waals surface area contributed by atoms with Crippen LogP contribution in [0.15, 0.2) is 66.9 Å². The van der Waals surface area contributed by atoms with E-state index in [4.69, 9.17) is 0 Å². The molecule has 0 fully saturated rings. The summed E-state index contributed by atoms with van der Waals surface area (Å²) in [7, 11) is 0. The molecule has 0 amide bonds. The number of para-hydroxylation sites is 1. The Morgan fingerprint density at radius 2 is 1.22 bits per heavy atom. The fraction of sp³-hybridized carbons (Fsp3) is 0.118. The van der Waals surface area contributed by atoms with Crippen LogP contribution in [0.5, 0.6) is 0 Å². The average molecular weight is 235 g/mol. The molecular weight excluding hydrogens is 218 g/mol. The number of hydrogen-bond donors (Lipinski definition) is 0. The van der Waals surface area contributed by atoms with Crippen LogP contribution in [0.4, 0.5) is 0 Å². The van der Waals surface area contributed by atoms with E-state index in [-0.39, 0.29) is 0 Å². The zero-order valence-corrected chi connectivity index (χ0v) is 10.8. The van der Waals surface area contributed by atoms with Crippen LogP contribution >= 0.6 is 0 Å². The minimum absolute atomic E-state index is 1.06. The summed E-state index contributed by atoms with van der Waals surface area (Å²) in [6.45, 7) is 4.19. The second-order valence-electron chi connectivity index (χ2n) is 4.35. The second kappa shape index (κ2) is 5.97. The van der Waals surface area contributed by atoms with Crippen LogP contribution in [-0.2, 0) is 0 Å². The molecule has 0 unspecified atom stereocenters. The van der Waals surface area contributed by atoms with Gasteiger partial charge in [0, 0.05) is 11.6 Å². The van der Waals surface area contributed by atoms with Crippen molar-refractivity contribution in [1.29, 1.82) is 0 Å². The Hall–Kier alpha value is -2.15. The van der Waals surface area contributed by atoms with E-state index in [0.29, 0.717) is 0 Å². The first kappa shape index (κ1) is 12.3. The minimum atomic E-state index is 1.06. The zero-order chi connectivity index (χ0) is 12.8. The highest BCUT2D eigenvalue weighted by atomic mass is 14.6. The van der Waals surface area contributed by atoms with E-state index < -0.39 is 0 Å². The molecule has 0 aliphatic rings. The van der Waals surface area contributed by atoms with Gasteiger partial charge >= 0.3 is 0 Å². The number of benzene rings is 2. The quantitative estimate of drug-likeness (QED) is 0.557. The van der Waals surface area contributed by atoms with Crippen molar-refractivity contribution in [3.63, 3.8) is 0 Å². The van der Waals surface area contributed by atoms with E-state index in [2.05, 4.69) is 55.2 Å². The number of hydrogen-bond acceptors (Lipinski definition) is 1. The Labute approximate surface area is 108 Å². The lowest BCUT2D eigenvalue weighted by molar-refractivity contribution is 1.40. The average Bonchev–Trinajstić information content (AvgIpc) is 2.43. The standard InChI is InChI=1S/C9H7N.C8H10/c1-2-6-9-8(4-1)5-3-7-10-9;1-7-3-5-8(2)6-4-7/h1-7H;3-6H,1-2H3. The first-order valence-electron chi connectivity index (χ1n) is 6.09. The van der Waals surface area contributed by atoms with Crippen molar-refractivity contribution in [2.75, 3.05) is 0 Å². The molecule has 0 saturated heterocycles. The highest BCUT2D eigenvalue weighted by Gasteiger charge is 1.86. The summed E-state index contributed by atoms with van der Waals surface area (Å²) in [5, 5.41) is 1.20. The monoisotopic (exact) mass is 235 g/mol. The third kappa shape index (κ3) is 3.42. The zero-order valence-electron chi connectivity index (χ0n) is 10.8. The van der Waals surface area contributed by atoms with Crippen molar-refractivity contribution in [2.45, 2.75) is 13.8 Å².